The van der Waals surface area contributed by atoms with Gasteiger partial charge in [0.2, 0.25) is 0 Å². The fourth-order valence-corrected chi connectivity index (χ4v) is 1.80. The molecule has 0 aliphatic carbocycles. The van der Waals surface area contributed by atoms with Gasteiger partial charge in [-0.25, -0.2) is 4.98 Å². The number of hydrogen-bond acceptors (Lipinski definition) is 4. The molecule has 2 aromatic heterocycles. The van der Waals surface area contributed by atoms with Gasteiger partial charge in [-0.2, -0.15) is 0 Å². The first-order valence-corrected chi connectivity index (χ1v) is 5.52. The standard InChI is InChI=1S/C12H16N4O/c1-9(10-3-2-4-14-5-10)16-8-15-6-12(16)11(13)7-17/h2-6,8-9,11,17H,7,13H2,1H3. The number of hydrogen-bond donors (Lipinski definition) is 2. The van der Waals surface area contributed by atoms with Gasteiger partial charge in [0.05, 0.1) is 30.7 Å². The average molecular weight is 232 g/mol. The van der Waals surface area contributed by atoms with Crippen LogP contribution in [0, 0.1) is 0 Å². The lowest BCUT2D eigenvalue weighted by atomic mass is 10.1. The van der Waals surface area contributed by atoms with Gasteiger partial charge in [0, 0.05) is 18.6 Å². The van der Waals surface area contributed by atoms with Gasteiger partial charge in [-0.1, -0.05) is 6.07 Å². The molecule has 2 aromatic rings. The second-order valence-electron chi connectivity index (χ2n) is 3.98. The average Bonchev–Trinajstić information content (AvgIpc) is 2.87. The van der Waals surface area contributed by atoms with E-state index in [0.29, 0.717) is 0 Å². The van der Waals surface area contributed by atoms with Crippen molar-refractivity contribution in [2.45, 2.75) is 19.0 Å². The van der Waals surface area contributed by atoms with Crippen LogP contribution in [0.2, 0.25) is 0 Å². The Morgan fingerprint density at radius 2 is 2.24 bits per heavy atom. The molecule has 2 heterocycles. The van der Waals surface area contributed by atoms with Crippen LogP contribution in [0.5, 0.6) is 0 Å². The van der Waals surface area contributed by atoms with E-state index in [9.17, 15) is 0 Å². The van der Waals surface area contributed by atoms with Crippen molar-refractivity contribution in [3.63, 3.8) is 0 Å². The van der Waals surface area contributed by atoms with E-state index >= 15 is 0 Å². The van der Waals surface area contributed by atoms with E-state index in [-0.39, 0.29) is 12.6 Å². The smallest absolute Gasteiger partial charge is 0.0954 e. The second kappa shape index (κ2) is 5.07. The topological polar surface area (TPSA) is 77.0 Å². The number of aliphatic hydroxyl groups is 1. The van der Waals surface area contributed by atoms with Gasteiger partial charge in [-0.3, -0.25) is 4.98 Å². The lowest BCUT2D eigenvalue weighted by Crippen LogP contribution is -2.20. The van der Waals surface area contributed by atoms with Crippen LogP contribution in [0.15, 0.2) is 37.1 Å². The molecule has 2 unspecified atom stereocenters. The van der Waals surface area contributed by atoms with Crippen molar-refractivity contribution >= 4 is 0 Å². The van der Waals surface area contributed by atoms with E-state index in [1.807, 2.05) is 29.8 Å². The van der Waals surface area contributed by atoms with Gasteiger partial charge >= 0.3 is 0 Å². The van der Waals surface area contributed by atoms with E-state index < -0.39 is 6.04 Å². The van der Waals surface area contributed by atoms with Crippen LogP contribution in [0.1, 0.15) is 30.3 Å². The molecule has 2 atom stereocenters. The summed E-state index contributed by atoms with van der Waals surface area (Å²) >= 11 is 0. The maximum absolute atomic E-state index is 9.10. The lowest BCUT2D eigenvalue weighted by molar-refractivity contribution is 0.262. The van der Waals surface area contributed by atoms with Gasteiger partial charge in [-0.05, 0) is 18.6 Å². The summed E-state index contributed by atoms with van der Waals surface area (Å²) in [5.74, 6) is 0. The van der Waals surface area contributed by atoms with Crippen LogP contribution in [-0.4, -0.2) is 26.2 Å². The lowest BCUT2D eigenvalue weighted by Gasteiger charge is -2.19. The minimum Gasteiger partial charge on any atom is -0.394 e. The molecule has 0 aromatic carbocycles. The summed E-state index contributed by atoms with van der Waals surface area (Å²) < 4.78 is 1.96. The molecule has 0 radical (unpaired) electrons. The van der Waals surface area contributed by atoms with Crippen LogP contribution >= 0.6 is 0 Å². The van der Waals surface area contributed by atoms with Crippen LogP contribution in [0.3, 0.4) is 0 Å². The molecule has 0 bridgehead atoms. The van der Waals surface area contributed by atoms with Crippen LogP contribution in [-0.2, 0) is 0 Å². The quantitative estimate of drug-likeness (QED) is 0.820. The molecule has 0 fully saturated rings. The highest BCUT2D eigenvalue weighted by molar-refractivity contribution is 5.17. The molecule has 2 rings (SSSR count). The van der Waals surface area contributed by atoms with Gasteiger partial charge in [0.1, 0.15) is 0 Å². The first kappa shape index (κ1) is 11.8. The molecule has 0 aliphatic heterocycles. The minimum absolute atomic E-state index is 0.0918. The van der Waals surface area contributed by atoms with Gasteiger partial charge in [0.25, 0.3) is 0 Å². The molecule has 0 spiro atoms. The number of rotatable bonds is 4. The molecular formula is C12H16N4O. The largest absolute Gasteiger partial charge is 0.394 e. The summed E-state index contributed by atoms with van der Waals surface area (Å²) in [5.41, 5.74) is 7.73. The Morgan fingerprint density at radius 3 is 2.88 bits per heavy atom. The molecule has 17 heavy (non-hydrogen) atoms. The summed E-state index contributed by atoms with van der Waals surface area (Å²) in [6.07, 6.45) is 6.97. The van der Waals surface area contributed by atoms with Crippen molar-refractivity contribution in [2.75, 3.05) is 6.61 Å². The zero-order chi connectivity index (χ0) is 12.3. The zero-order valence-corrected chi connectivity index (χ0v) is 9.69. The van der Waals surface area contributed by atoms with Gasteiger partial charge in [0.15, 0.2) is 0 Å². The van der Waals surface area contributed by atoms with Gasteiger partial charge in [-0.15, -0.1) is 0 Å². The number of pyridine rings is 1. The fourth-order valence-electron chi connectivity index (χ4n) is 1.80. The molecule has 3 N–H and O–H groups in total. The maximum atomic E-state index is 9.10. The summed E-state index contributed by atoms with van der Waals surface area (Å²) in [4.78, 5) is 8.19. The molecular weight excluding hydrogens is 216 g/mol. The third-order valence-corrected chi connectivity index (χ3v) is 2.86. The fraction of sp³-hybridized carbons (Fsp3) is 0.333. The Bertz CT molecular complexity index is 468. The number of aromatic nitrogens is 3. The summed E-state index contributed by atoms with van der Waals surface area (Å²) in [6.45, 7) is 1.96. The van der Waals surface area contributed by atoms with E-state index in [1.54, 1.807) is 18.7 Å². The van der Waals surface area contributed by atoms with Crippen LogP contribution < -0.4 is 5.73 Å². The molecule has 0 saturated carbocycles. The maximum Gasteiger partial charge on any atom is 0.0954 e. The molecule has 5 nitrogen and oxygen atoms in total. The van der Waals surface area contributed by atoms with Crippen molar-refractivity contribution in [3.05, 3.63) is 48.3 Å². The van der Waals surface area contributed by atoms with E-state index in [1.165, 1.54) is 0 Å². The van der Waals surface area contributed by atoms with Crippen molar-refractivity contribution in [3.8, 4) is 0 Å². The Labute approximate surface area is 99.9 Å². The highest BCUT2D eigenvalue weighted by Crippen LogP contribution is 2.21. The monoisotopic (exact) mass is 232 g/mol. The highest BCUT2D eigenvalue weighted by atomic mass is 16.3. The Kier molecular flexibility index (Phi) is 3.51. The zero-order valence-electron chi connectivity index (χ0n) is 9.69. The minimum atomic E-state index is -0.406. The Hall–Kier alpha value is -1.72. The van der Waals surface area contributed by atoms with E-state index in [2.05, 4.69) is 9.97 Å². The predicted octanol–water partition coefficient (Wildman–Crippen LogP) is 0.879. The summed E-state index contributed by atoms with van der Waals surface area (Å²) in [5, 5.41) is 9.10. The Morgan fingerprint density at radius 1 is 1.41 bits per heavy atom. The van der Waals surface area contributed by atoms with Gasteiger partial charge < -0.3 is 15.4 Å². The third kappa shape index (κ3) is 2.35. The Balaban J connectivity index is 2.32. The number of nitrogens with two attached hydrogens (primary N) is 1. The van der Waals surface area contributed by atoms with E-state index in [4.69, 9.17) is 10.8 Å². The van der Waals surface area contributed by atoms with Crippen molar-refractivity contribution < 1.29 is 5.11 Å². The highest BCUT2D eigenvalue weighted by Gasteiger charge is 2.15. The predicted molar refractivity (Wildman–Crippen MR) is 64.3 cm³/mol. The molecule has 0 saturated heterocycles. The number of nitrogens with zero attached hydrogens (tertiary/aromatic N) is 3. The molecule has 0 aliphatic rings. The third-order valence-electron chi connectivity index (χ3n) is 2.86. The van der Waals surface area contributed by atoms with Crippen LogP contribution in [0.25, 0.3) is 0 Å². The molecule has 0 amide bonds. The molecule has 5 heteroatoms. The summed E-state index contributed by atoms with van der Waals surface area (Å²) in [6, 6.07) is 3.59. The van der Waals surface area contributed by atoms with E-state index in [0.717, 1.165) is 11.3 Å². The van der Waals surface area contributed by atoms with Crippen molar-refractivity contribution in [1.82, 2.24) is 14.5 Å². The van der Waals surface area contributed by atoms with Crippen molar-refractivity contribution in [1.29, 1.82) is 0 Å². The number of imidazole rings is 1. The molecule has 90 valence electrons. The second-order valence-corrected chi connectivity index (χ2v) is 3.98. The normalized spacial score (nSPS) is 14.5. The van der Waals surface area contributed by atoms with Crippen LogP contribution in [0.4, 0.5) is 0 Å². The SMILES string of the molecule is CC(c1cccnc1)n1cncc1C(N)CO. The summed E-state index contributed by atoms with van der Waals surface area (Å²) in [7, 11) is 0. The first-order valence-electron chi connectivity index (χ1n) is 5.52. The number of aliphatic hydroxyl groups excluding tert-OH is 1. The first-order chi connectivity index (χ1) is 8.24. The van der Waals surface area contributed by atoms with Crippen molar-refractivity contribution in [2.24, 2.45) is 5.73 Å².